The lowest BCUT2D eigenvalue weighted by atomic mass is 9.90. The van der Waals surface area contributed by atoms with Gasteiger partial charge in [0.05, 0.1) is 16.6 Å². The Balaban J connectivity index is 1.60. The molecule has 1 fully saturated rings. The fraction of sp³-hybridized carbons (Fsp3) is 0.316. The van der Waals surface area contributed by atoms with Crippen molar-refractivity contribution in [3.63, 3.8) is 0 Å². The van der Waals surface area contributed by atoms with Gasteiger partial charge in [0.15, 0.2) is 0 Å². The zero-order chi connectivity index (χ0) is 18.3. The van der Waals surface area contributed by atoms with Crippen LogP contribution >= 0.6 is 0 Å². The monoisotopic (exact) mass is 361 g/mol. The number of imidazole rings is 1. The van der Waals surface area contributed by atoms with Gasteiger partial charge in [0.2, 0.25) is 0 Å². The smallest absolute Gasteiger partial charge is 0.308 e. The summed E-state index contributed by atoms with van der Waals surface area (Å²) in [6.45, 7) is 1.35. The Labute approximate surface area is 147 Å². The first kappa shape index (κ1) is 16.8. The Kier molecular flexibility index (Phi) is 4.01. The Bertz CT molecular complexity index is 967. The van der Waals surface area contributed by atoms with E-state index in [4.69, 9.17) is 0 Å². The van der Waals surface area contributed by atoms with Crippen molar-refractivity contribution < 1.29 is 13.2 Å². The van der Waals surface area contributed by atoms with Crippen LogP contribution in [-0.4, -0.2) is 22.7 Å². The van der Waals surface area contributed by atoms with Gasteiger partial charge in [-0.05, 0) is 42.5 Å². The molecule has 4 rings (SSSR count). The minimum Gasteiger partial charge on any atom is -0.308 e. The van der Waals surface area contributed by atoms with E-state index in [2.05, 4.69) is 17.1 Å². The summed E-state index contributed by atoms with van der Waals surface area (Å²) in [4.78, 5) is 14.9. The van der Waals surface area contributed by atoms with Crippen LogP contribution < -0.4 is 10.7 Å². The van der Waals surface area contributed by atoms with E-state index in [1.54, 1.807) is 0 Å². The summed E-state index contributed by atoms with van der Waals surface area (Å²) in [6.07, 6.45) is -2.64. The van der Waals surface area contributed by atoms with Crippen LogP contribution in [0, 0.1) is 0 Å². The number of benzene rings is 2. The van der Waals surface area contributed by atoms with E-state index in [1.165, 1.54) is 16.3 Å². The van der Waals surface area contributed by atoms with Gasteiger partial charge in [-0.2, -0.15) is 13.2 Å². The average Bonchev–Trinajstić information content (AvgIpc) is 2.97. The standard InChI is InChI=1S/C19H18F3N3O/c20-19(21,22)15-6-7-17-16(12-15)23-18(26)25(17)24-10-8-14(9-11-24)13-4-2-1-3-5-13/h1-7,12,14H,8-11H2,(H,23,26). The lowest BCUT2D eigenvalue weighted by Gasteiger charge is -2.34. The Morgan fingerprint density at radius 2 is 1.69 bits per heavy atom. The molecule has 0 unspecified atom stereocenters. The molecule has 0 radical (unpaired) electrons. The van der Waals surface area contributed by atoms with Crippen molar-refractivity contribution in [1.29, 1.82) is 0 Å². The highest BCUT2D eigenvalue weighted by Gasteiger charge is 2.31. The molecule has 1 aromatic heterocycles. The molecule has 1 saturated heterocycles. The molecule has 3 aromatic rings. The quantitative estimate of drug-likeness (QED) is 0.753. The highest BCUT2D eigenvalue weighted by atomic mass is 19.4. The second kappa shape index (κ2) is 6.23. The van der Waals surface area contributed by atoms with Gasteiger partial charge in [0.25, 0.3) is 0 Å². The molecule has 26 heavy (non-hydrogen) atoms. The van der Waals surface area contributed by atoms with Crippen molar-refractivity contribution in [2.75, 3.05) is 18.1 Å². The van der Waals surface area contributed by atoms with Crippen LogP contribution in [0.4, 0.5) is 13.2 Å². The number of hydrogen-bond donors (Lipinski definition) is 1. The molecule has 136 valence electrons. The van der Waals surface area contributed by atoms with Gasteiger partial charge in [0, 0.05) is 13.1 Å². The van der Waals surface area contributed by atoms with Crippen LogP contribution in [0.1, 0.15) is 29.9 Å². The summed E-state index contributed by atoms with van der Waals surface area (Å²) in [5.41, 5.74) is 0.795. The third-order valence-corrected chi connectivity index (χ3v) is 5.01. The minimum atomic E-state index is -4.43. The minimum absolute atomic E-state index is 0.204. The Hall–Kier alpha value is -2.70. The molecule has 1 aliphatic heterocycles. The van der Waals surface area contributed by atoms with Gasteiger partial charge in [-0.15, -0.1) is 0 Å². The van der Waals surface area contributed by atoms with Gasteiger partial charge in [-0.1, -0.05) is 30.3 Å². The maximum absolute atomic E-state index is 12.9. The molecular weight excluding hydrogens is 343 g/mol. The van der Waals surface area contributed by atoms with Crippen LogP contribution in [0.2, 0.25) is 0 Å². The first-order chi connectivity index (χ1) is 12.4. The van der Waals surface area contributed by atoms with Gasteiger partial charge in [-0.25, -0.2) is 9.47 Å². The number of alkyl halides is 3. The first-order valence-electron chi connectivity index (χ1n) is 8.55. The summed E-state index contributed by atoms with van der Waals surface area (Å²) in [5, 5.41) is 1.91. The average molecular weight is 361 g/mol. The van der Waals surface area contributed by atoms with E-state index in [9.17, 15) is 18.0 Å². The molecule has 1 N–H and O–H groups in total. The molecule has 2 aromatic carbocycles. The molecule has 1 aliphatic rings. The molecule has 0 bridgehead atoms. The SMILES string of the molecule is O=c1[nH]c2cc(C(F)(F)F)ccc2n1N1CCC(c2ccccc2)CC1. The van der Waals surface area contributed by atoms with E-state index in [1.807, 2.05) is 23.2 Å². The number of nitrogens with zero attached hydrogens (tertiary/aromatic N) is 2. The highest BCUT2D eigenvalue weighted by Crippen LogP contribution is 2.31. The van der Waals surface area contributed by atoms with Crippen molar-refractivity contribution in [2.24, 2.45) is 0 Å². The maximum atomic E-state index is 12.9. The predicted molar refractivity (Wildman–Crippen MR) is 93.9 cm³/mol. The molecule has 7 heteroatoms. The van der Waals surface area contributed by atoms with E-state index < -0.39 is 17.4 Å². The number of H-pyrrole nitrogens is 1. The molecule has 0 saturated carbocycles. The second-order valence-corrected chi connectivity index (χ2v) is 6.61. The van der Waals surface area contributed by atoms with Crippen molar-refractivity contribution in [3.8, 4) is 0 Å². The predicted octanol–water partition coefficient (Wildman–Crippen LogP) is 3.86. The molecule has 0 spiro atoms. The van der Waals surface area contributed by atoms with Crippen molar-refractivity contribution in [3.05, 3.63) is 70.1 Å². The maximum Gasteiger partial charge on any atom is 0.416 e. The van der Waals surface area contributed by atoms with E-state index in [-0.39, 0.29) is 5.52 Å². The van der Waals surface area contributed by atoms with E-state index in [0.29, 0.717) is 24.5 Å². The molecule has 0 aliphatic carbocycles. The van der Waals surface area contributed by atoms with Crippen LogP contribution in [0.25, 0.3) is 11.0 Å². The van der Waals surface area contributed by atoms with Crippen LogP contribution in [0.15, 0.2) is 53.3 Å². The largest absolute Gasteiger partial charge is 0.416 e. The summed E-state index contributed by atoms with van der Waals surface area (Å²) in [6, 6.07) is 13.6. The van der Waals surface area contributed by atoms with E-state index in [0.717, 1.165) is 25.0 Å². The Morgan fingerprint density at radius 3 is 2.35 bits per heavy atom. The number of piperidine rings is 1. The second-order valence-electron chi connectivity index (χ2n) is 6.61. The molecular formula is C19H18F3N3O. The zero-order valence-corrected chi connectivity index (χ0v) is 14.0. The van der Waals surface area contributed by atoms with Crippen molar-refractivity contribution in [2.45, 2.75) is 24.9 Å². The molecule has 4 nitrogen and oxygen atoms in total. The number of aromatic amines is 1. The number of halogens is 3. The van der Waals surface area contributed by atoms with E-state index >= 15 is 0 Å². The summed E-state index contributed by atoms with van der Waals surface area (Å²) < 4.78 is 40.1. The fourth-order valence-electron chi connectivity index (χ4n) is 3.68. The highest BCUT2D eigenvalue weighted by molar-refractivity contribution is 5.76. The molecule has 2 heterocycles. The van der Waals surface area contributed by atoms with Gasteiger partial charge in [0.1, 0.15) is 0 Å². The summed E-state index contributed by atoms with van der Waals surface area (Å²) >= 11 is 0. The number of aromatic nitrogens is 2. The normalized spacial score (nSPS) is 16.3. The molecule has 0 amide bonds. The van der Waals surface area contributed by atoms with Gasteiger partial charge < -0.3 is 9.99 Å². The van der Waals surface area contributed by atoms with Crippen LogP contribution in [-0.2, 0) is 6.18 Å². The number of nitrogens with one attached hydrogen (secondary N) is 1. The lowest BCUT2D eigenvalue weighted by Crippen LogP contribution is -2.45. The summed E-state index contributed by atoms with van der Waals surface area (Å²) in [5.74, 6) is 0.435. The van der Waals surface area contributed by atoms with Crippen molar-refractivity contribution >= 4 is 11.0 Å². The third kappa shape index (κ3) is 2.98. The number of rotatable bonds is 2. The van der Waals surface area contributed by atoms with Crippen LogP contribution in [0.5, 0.6) is 0 Å². The zero-order valence-electron chi connectivity index (χ0n) is 14.0. The summed E-state index contributed by atoms with van der Waals surface area (Å²) in [7, 11) is 0. The van der Waals surface area contributed by atoms with Gasteiger partial charge >= 0.3 is 11.9 Å². The fourth-order valence-corrected chi connectivity index (χ4v) is 3.68. The number of fused-ring (bicyclic) bond motifs is 1. The molecule has 0 atom stereocenters. The Morgan fingerprint density at radius 1 is 1.00 bits per heavy atom. The first-order valence-corrected chi connectivity index (χ1v) is 8.55. The lowest BCUT2D eigenvalue weighted by molar-refractivity contribution is -0.137. The third-order valence-electron chi connectivity index (χ3n) is 5.01. The van der Waals surface area contributed by atoms with Gasteiger partial charge in [-0.3, -0.25) is 0 Å². The number of hydrogen-bond acceptors (Lipinski definition) is 2. The van der Waals surface area contributed by atoms with Crippen LogP contribution in [0.3, 0.4) is 0 Å². The van der Waals surface area contributed by atoms with Crippen molar-refractivity contribution in [1.82, 2.24) is 9.66 Å². The topological polar surface area (TPSA) is 41.0 Å².